The largest absolute Gasteiger partial charge is 0.309 e. The van der Waals surface area contributed by atoms with E-state index in [1.165, 1.54) is 27.6 Å². The van der Waals surface area contributed by atoms with Crippen molar-refractivity contribution in [2.75, 3.05) is 0 Å². The summed E-state index contributed by atoms with van der Waals surface area (Å²) in [6, 6.07) is 73.2. The van der Waals surface area contributed by atoms with Crippen molar-refractivity contribution in [2.24, 2.45) is 0 Å². The van der Waals surface area contributed by atoms with Crippen LogP contribution in [0.5, 0.6) is 0 Å². The number of hydrogen-bond acceptors (Lipinski definition) is 2. The second-order valence-corrected chi connectivity index (χ2v) is 14.2. The van der Waals surface area contributed by atoms with Crippen LogP contribution in [-0.4, -0.2) is 19.1 Å². The van der Waals surface area contributed by atoms with Crippen LogP contribution in [0.1, 0.15) is 0 Å². The maximum atomic E-state index is 5.36. The van der Waals surface area contributed by atoms with Gasteiger partial charge in [0, 0.05) is 38.4 Å². The summed E-state index contributed by atoms with van der Waals surface area (Å²) in [6.45, 7) is 0. The first-order valence-corrected chi connectivity index (χ1v) is 19.0. The Morgan fingerprint density at radius 3 is 1.32 bits per heavy atom. The summed E-state index contributed by atoms with van der Waals surface area (Å²) in [5, 5.41) is 4.66. The van der Waals surface area contributed by atoms with Crippen LogP contribution in [0.3, 0.4) is 0 Å². The molecule has 3 heterocycles. The highest BCUT2D eigenvalue weighted by atomic mass is 15.2. The molecule has 0 N–H and O–H groups in total. The number of aromatic nitrogens is 4. The fourth-order valence-electron chi connectivity index (χ4n) is 8.38. The van der Waals surface area contributed by atoms with Gasteiger partial charge >= 0.3 is 0 Å². The average molecular weight is 715 g/mol. The molecule has 56 heavy (non-hydrogen) atoms. The maximum absolute atomic E-state index is 5.36. The third kappa shape index (κ3) is 5.23. The van der Waals surface area contributed by atoms with Crippen molar-refractivity contribution in [2.45, 2.75) is 0 Å². The lowest BCUT2D eigenvalue weighted by atomic mass is 9.98. The molecule has 0 radical (unpaired) electrons. The Bertz CT molecular complexity index is 3100. The van der Waals surface area contributed by atoms with Gasteiger partial charge in [-0.15, -0.1) is 0 Å². The molecule has 0 aliphatic rings. The summed E-state index contributed by atoms with van der Waals surface area (Å²) in [5.41, 5.74) is 14.1. The molecule has 262 valence electrons. The Morgan fingerprint density at radius 1 is 0.304 bits per heavy atom. The summed E-state index contributed by atoms with van der Waals surface area (Å²) in [5.74, 6) is 0.637. The molecule has 0 spiro atoms. The maximum Gasteiger partial charge on any atom is 0.235 e. The fraction of sp³-hybridized carbons (Fsp3) is 0. The number of hydrogen-bond donors (Lipinski definition) is 0. The minimum atomic E-state index is 0.637. The molecular formula is C52H34N4. The Labute approximate surface area is 324 Å². The highest BCUT2D eigenvalue weighted by Crippen LogP contribution is 2.43. The van der Waals surface area contributed by atoms with Gasteiger partial charge in [-0.05, 0) is 64.7 Å². The Hall–Kier alpha value is -7.56. The number of rotatable bonds is 6. The Morgan fingerprint density at radius 2 is 0.768 bits per heavy atom. The highest BCUT2D eigenvalue weighted by molar-refractivity contribution is 6.26. The van der Waals surface area contributed by atoms with Gasteiger partial charge < -0.3 is 4.57 Å². The summed E-state index contributed by atoms with van der Waals surface area (Å²) in [4.78, 5) is 10.7. The van der Waals surface area contributed by atoms with Gasteiger partial charge in [0.15, 0.2) is 0 Å². The van der Waals surface area contributed by atoms with Gasteiger partial charge in [-0.2, -0.15) is 0 Å². The number of fused-ring (bicyclic) bond motifs is 7. The van der Waals surface area contributed by atoms with Crippen LogP contribution in [0.15, 0.2) is 206 Å². The first-order valence-electron chi connectivity index (χ1n) is 19.0. The molecule has 0 fully saturated rings. The molecule has 11 rings (SSSR count). The molecule has 0 unspecified atom stereocenters. The third-order valence-electron chi connectivity index (χ3n) is 10.9. The molecule has 0 aliphatic carbocycles. The smallest absolute Gasteiger partial charge is 0.235 e. The first kappa shape index (κ1) is 31.9. The zero-order chi connectivity index (χ0) is 37.0. The van der Waals surface area contributed by atoms with Gasteiger partial charge in [0.2, 0.25) is 5.95 Å². The lowest BCUT2D eigenvalue weighted by Gasteiger charge is -2.14. The van der Waals surface area contributed by atoms with E-state index in [-0.39, 0.29) is 0 Å². The molecule has 0 bridgehead atoms. The summed E-state index contributed by atoms with van der Waals surface area (Å²) < 4.78 is 4.72. The Kier molecular flexibility index (Phi) is 7.46. The molecule has 4 nitrogen and oxygen atoms in total. The van der Waals surface area contributed by atoms with Crippen molar-refractivity contribution in [3.05, 3.63) is 206 Å². The second kappa shape index (κ2) is 13.1. The standard InChI is InChI=1S/C52H34N4/c1-5-17-35(18-6-1)39-31-40(36-19-7-2-8-20-36)33-41(32-39)55-48-28-16-14-26-44(48)50-49(55)30-29-43-42-25-13-15-27-47(42)56(51(43)50)52-53-45(37-21-9-3-10-22-37)34-46(54-52)38-23-11-4-12-24-38/h1-34H. The van der Waals surface area contributed by atoms with Crippen molar-refractivity contribution in [1.82, 2.24) is 19.1 Å². The highest BCUT2D eigenvalue weighted by Gasteiger charge is 2.23. The SMILES string of the molecule is c1ccc(-c2cc(-c3ccccc3)cc(-n3c4ccccc4c4c3ccc3c5ccccc5n(-c5nc(-c6ccccc6)cc(-c6ccccc6)n5)c34)c2)cc1. The molecule has 0 atom stereocenters. The van der Waals surface area contributed by atoms with Gasteiger partial charge in [-0.1, -0.05) is 164 Å². The van der Waals surface area contributed by atoms with E-state index in [2.05, 4.69) is 203 Å². The van der Waals surface area contributed by atoms with Crippen LogP contribution >= 0.6 is 0 Å². The second-order valence-electron chi connectivity index (χ2n) is 14.2. The number of benzene rings is 8. The predicted octanol–water partition coefficient (Wildman–Crippen LogP) is 13.3. The van der Waals surface area contributed by atoms with Crippen molar-refractivity contribution < 1.29 is 0 Å². The zero-order valence-electron chi connectivity index (χ0n) is 30.4. The molecule has 3 aromatic heterocycles. The normalized spacial score (nSPS) is 11.6. The minimum Gasteiger partial charge on any atom is -0.309 e. The number of para-hydroxylation sites is 2. The van der Waals surface area contributed by atoms with Crippen LogP contribution < -0.4 is 0 Å². The van der Waals surface area contributed by atoms with Crippen molar-refractivity contribution in [3.8, 4) is 56.4 Å². The van der Waals surface area contributed by atoms with Crippen LogP contribution in [0, 0.1) is 0 Å². The lowest BCUT2D eigenvalue weighted by molar-refractivity contribution is 0.998. The quantitative estimate of drug-likeness (QED) is 0.172. The van der Waals surface area contributed by atoms with E-state index >= 15 is 0 Å². The predicted molar refractivity (Wildman–Crippen MR) is 232 cm³/mol. The number of nitrogens with zero attached hydrogens (tertiary/aromatic N) is 4. The molecule has 11 aromatic rings. The zero-order valence-corrected chi connectivity index (χ0v) is 30.4. The molecular weight excluding hydrogens is 681 g/mol. The topological polar surface area (TPSA) is 35.6 Å². The molecule has 8 aromatic carbocycles. The Balaban J connectivity index is 1.25. The summed E-state index contributed by atoms with van der Waals surface area (Å²) >= 11 is 0. The van der Waals surface area contributed by atoms with Gasteiger partial charge in [0.05, 0.1) is 33.5 Å². The van der Waals surface area contributed by atoms with Crippen LogP contribution in [0.2, 0.25) is 0 Å². The van der Waals surface area contributed by atoms with Gasteiger partial charge in [-0.3, -0.25) is 4.57 Å². The van der Waals surface area contributed by atoms with Gasteiger partial charge in [0.1, 0.15) is 0 Å². The van der Waals surface area contributed by atoms with Gasteiger partial charge in [0.25, 0.3) is 0 Å². The van der Waals surface area contributed by atoms with E-state index < -0.39 is 0 Å². The van der Waals surface area contributed by atoms with Crippen LogP contribution in [0.4, 0.5) is 0 Å². The van der Waals surface area contributed by atoms with E-state index in [9.17, 15) is 0 Å². The van der Waals surface area contributed by atoms with Crippen molar-refractivity contribution in [1.29, 1.82) is 0 Å². The molecule has 0 saturated carbocycles. The van der Waals surface area contributed by atoms with Crippen molar-refractivity contribution >= 4 is 43.6 Å². The molecule has 4 heteroatoms. The van der Waals surface area contributed by atoms with E-state index in [0.29, 0.717) is 5.95 Å². The van der Waals surface area contributed by atoms with E-state index in [1.54, 1.807) is 0 Å². The van der Waals surface area contributed by atoms with Gasteiger partial charge in [-0.25, -0.2) is 9.97 Å². The monoisotopic (exact) mass is 714 g/mol. The van der Waals surface area contributed by atoms with Crippen molar-refractivity contribution in [3.63, 3.8) is 0 Å². The molecule has 0 amide bonds. The summed E-state index contributed by atoms with van der Waals surface area (Å²) in [6.07, 6.45) is 0. The molecule has 0 saturated heterocycles. The van der Waals surface area contributed by atoms with E-state index in [1.807, 2.05) is 12.1 Å². The average Bonchev–Trinajstić information content (AvgIpc) is 3.80. The van der Waals surface area contributed by atoms with Crippen LogP contribution in [0.25, 0.3) is 100 Å². The minimum absolute atomic E-state index is 0.637. The summed E-state index contributed by atoms with van der Waals surface area (Å²) in [7, 11) is 0. The lowest BCUT2D eigenvalue weighted by Crippen LogP contribution is -2.04. The first-order chi connectivity index (χ1) is 27.8. The fourth-order valence-corrected chi connectivity index (χ4v) is 8.38. The van der Waals surface area contributed by atoms with E-state index in [4.69, 9.17) is 9.97 Å². The van der Waals surface area contributed by atoms with Crippen LogP contribution in [-0.2, 0) is 0 Å². The molecule has 0 aliphatic heterocycles. The third-order valence-corrected chi connectivity index (χ3v) is 10.9. The van der Waals surface area contributed by atoms with E-state index in [0.717, 1.165) is 66.4 Å².